The van der Waals surface area contributed by atoms with Gasteiger partial charge >= 0.3 is 5.91 Å². The number of rotatable bonds is 4. The summed E-state index contributed by atoms with van der Waals surface area (Å²) in [6.45, 7) is 4.23. The van der Waals surface area contributed by atoms with E-state index in [4.69, 9.17) is 25.5 Å². The third kappa shape index (κ3) is 3.53. The molecule has 156 valence electrons. The van der Waals surface area contributed by atoms with Crippen LogP contribution >= 0.6 is 11.6 Å². The number of furan rings is 1. The molecule has 0 unspecified atom stereocenters. The van der Waals surface area contributed by atoms with Gasteiger partial charge in [0.05, 0.1) is 6.21 Å². The number of nitrogens with zero attached hydrogens (tertiary/aromatic N) is 2. The molecule has 8 heteroatoms. The Morgan fingerprint density at radius 3 is 2.81 bits per heavy atom. The van der Waals surface area contributed by atoms with E-state index in [0.717, 1.165) is 39.5 Å². The molecule has 1 amide bonds. The average Bonchev–Trinajstić information content (AvgIpc) is 3.44. The van der Waals surface area contributed by atoms with Crippen LogP contribution in [-0.4, -0.2) is 23.5 Å². The van der Waals surface area contributed by atoms with Gasteiger partial charge in [-0.25, -0.2) is 5.43 Å². The molecule has 4 aromatic rings. The molecule has 1 aliphatic heterocycles. The van der Waals surface area contributed by atoms with Crippen molar-refractivity contribution in [3.63, 3.8) is 0 Å². The van der Waals surface area contributed by atoms with Crippen molar-refractivity contribution in [2.45, 2.75) is 13.8 Å². The summed E-state index contributed by atoms with van der Waals surface area (Å²) < 4.78 is 18.5. The molecular weight excluding hydrogens is 418 g/mol. The van der Waals surface area contributed by atoms with Crippen molar-refractivity contribution in [3.05, 3.63) is 76.3 Å². The SMILES string of the molecule is Cc1cc(/C=N/NC(=O)c2cc3cc(Cl)ccc3o2)c(C)n1-c1ccc2c(c1)OCO2. The lowest BCUT2D eigenvalue weighted by molar-refractivity contribution is 0.0929. The molecule has 7 nitrogen and oxygen atoms in total. The largest absolute Gasteiger partial charge is 0.454 e. The van der Waals surface area contributed by atoms with Crippen molar-refractivity contribution in [1.29, 1.82) is 0 Å². The van der Waals surface area contributed by atoms with Gasteiger partial charge in [0, 0.05) is 39.1 Å². The minimum absolute atomic E-state index is 0.167. The molecule has 5 rings (SSSR count). The number of halogens is 1. The first-order chi connectivity index (χ1) is 15.0. The quantitative estimate of drug-likeness (QED) is 0.362. The van der Waals surface area contributed by atoms with Crippen LogP contribution in [0.3, 0.4) is 0 Å². The van der Waals surface area contributed by atoms with Crippen molar-refractivity contribution in [2.24, 2.45) is 5.10 Å². The molecule has 0 aliphatic carbocycles. The van der Waals surface area contributed by atoms with Crippen molar-refractivity contribution < 1.29 is 18.7 Å². The van der Waals surface area contributed by atoms with Crippen LogP contribution in [0.5, 0.6) is 11.5 Å². The second-order valence-corrected chi connectivity index (χ2v) is 7.63. The second-order valence-electron chi connectivity index (χ2n) is 7.19. The molecule has 0 saturated heterocycles. The molecule has 0 bridgehead atoms. The summed E-state index contributed by atoms with van der Waals surface area (Å²) in [7, 11) is 0. The third-order valence-electron chi connectivity index (χ3n) is 5.16. The van der Waals surface area contributed by atoms with Crippen LogP contribution < -0.4 is 14.9 Å². The van der Waals surface area contributed by atoms with Gasteiger partial charge in [-0.05, 0) is 56.3 Å². The first-order valence-electron chi connectivity index (χ1n) is 9.61. The molecule has 0 saturated carbocycles. The smallest absolute Gasteiger partial charge is 0.307 e. The lowest BCUT2D eigenvalue weighted by Gasteiger charge is -2.10. The van der Waals surface area contributed by atoms with Crippen LogP contribution in [0.15, 0.2) is 58.0 Å². The van der Waals surface area contributed by atoms with Crippen molar-refractivity contribution in [1.82, 2.24) is 9.99 Å². The molecule has 3 heterocycles. The van der Waals surface area contributed by atoms with Gasteiger partial charge in [0.15, 0.2) is 17.3 Å². The van der Waals surface area contributed by atoms with Crippen LogP contribution in [0, 0.1) is 13.8 Å². The van der Waals surface area contributed by atoms with E-state index >= 15 is 0 Å². The average molecular weight is 436 g/mol. The highest BCUT2D eigenvalue weighted by atomic mass is 35.5. The van der Waals surface area contributed by atoms with Crippen molar-refractivity contribution in [3.8, 4) is 17.2 Å². The Morgan fingerprint density at radius 1 is 1.10 bits per heavy atom. The Kier molecular flexibility index (Phi) is 4.67. The van der Waals surface area contributed by atoms with Gasteiger partial charge in [-0.1, -0.05) is 11.6 Å². The van der Waals surface area contributed by atoms with Gasteiger partial charge in [-0.3, -0.25) is 4.79 Å². The number of carbonyl (C=O) groups is 1. The molecule has 2 aromatic carbocycles. The van der Waals surface area contributed by atoms with Gasteiger partial charge in [-0.2, -0.15) is 5.10 Å². The van der Waals surface area contributed by atoms with E-state index in [-0.39, 0.29) is 12.6 Å². The number of hydrazone groups is 1. The molecule has 0 radical (unpaired) electrons. The summed E-state index contributed by atoms with van der Waals surface area (Å²) >= 11 is 5.98. The number of carbonyl (C=O) groups excluding carboxylic acids is 1. The lowest BCUT2D eigenvalue weighted by atomic mass is 10.2. The fourth-order valence-electron chi connectivity index (χ4n) is 3.68. The maximum absolute atomic E-state index is 12.4. The molecule has 1 aliphatic rings. The van der Waals surface area contributed by atoms with Crippen LogP contribution in [0.1, 0.15) is 27.5 Å². The highest BCUT2D eigenvalue weighted by Crippen LogP contribution is 2.34. The Balaban J connectivity index is 1.35. The van der Waals surface area contributed by atoms with E-state index in [1.807, 2.05) is 38.1 Å². The number of nitrogens with one attached hydrogen (secondary N) is 1. The fourth-order valence-corrected chi connectivity index (χ4v) is 3.86. The van der Waals surface area contributed by atoms with Gasteiger partial charge in [0.2, 0.25) is 6.79 Å². The standard InChI is InChI=1S/C23H18ClN3O4/c1-13-7-16(14(2)27(13)18-4-6-20-21(10-18)30-12-29-20)11-25-26-23(28)22-9-15-8-17(24)3-5-19(15)31-22/h3-11H,12H2,1-2H3,(H,26,28)/b25-11+. The van der Waals surface area contributed by atoms with E-state index in [0.29, 0.717) is 10.6 Å². The normalized spacial score (nSPS) is 12.7. The summed E-state index contributed by atoms with van der Waals surface area (Å²) in [5.41, 5.74) is 6.95. The first kappa shape index (κ1) is 19.3. The zero-order valence-electron chi connectivity index (χ0n) is 16.8. The number of benzene rings is 2. The van der Waals surface area contributed by atoms with Crippen LogP contribution in [0.25, 0.3) is 16.7 Å². The monoisotopic (exact) mass is 435 g/mol. The predicted molar refractivity (Wildman–Crippen MR) is 118 cm³/mol. The van der Waals surface area contributed by atoms with Gasteiger partial charge in [0.25, 0.3) is 0 Å². The Bertz CT molecular complexity index is 1350. The summed E-state index contributed by atoms with van der Waals surface area (Å²) in [5.74, 6) is 1.19. The highest BCUT2D eigenvalue weighted by molar-refractivity contribution is 6.31. The van der Waals surface area contributed by atoms with Gasteiger partial charge in [-0.15, -0.1) is 0 Å². The summed E-state index contributed by atoms with van der Waals surface area (Å²) in [4.78, 5) is 12.4. The van der Waals surface area contributed by atoms with Crippen LogP contribution in [0.2, 0.25) is 5.02 Å². The van der Waals surface area contributed by atoms with E-state index in [1.165, 1.54) is 0 Å². The molecule has 0 fully saturated rings. The summed E-state index contributed by atoms with van der Waals surface area (Å²) in [6, 6.07) is 14.6. The maximum Gasteiger partial charge on any atom is 0.307 e. The predicted octanol–water partition coefficient (Wildman–Crippen LogP) is 4.99. The van der Waals surface area contributed by atoms with Crippen molar-refractivity contribution in [2.75, 3.05) is 6.79 Å². The van der Waals surface area contributed by atoms with E-state index in [1.54, 1.807) is 30.5 Å². The number of fused-ring (bicyclic) bond motifs is 2. The molecule has 1 N–H and O–H groups in total. The highest BCUT2D eigenvalue weighted by Gasteiger charge is 2.17. The maximum atomic E-state index is 12.4. The number of hydrogen-bond donors (Lipinski definition) is 1. The number of aryl methyl sites for hydroxylation is 1. The van der Waals surface area contributed by atoms with Gasteiger partial charge in [0.1, 0.15) is 5.58 Å². The zero-order valence-corrected chi connectivity index (χ0v) is 17.6. The number of aromatic nitrogens is 1. The minimum atomic E-state index is -0.437. The Hall–Kier alpha value is -3.71. The second kappa shape index (κ2) is 7.52. The number of hydrogen-bond acceptors (Lipinski definition) is 5. The lowest BCUT2D eigenvalue weighted by Crippen LogP contribution is -2.16. The Morgan fingerprint density at radius 2 is 1.94 bits per heavy atom. The van der Waals surface area contributed by atoms with E-state index < -0.39 is 5.91 Å². The van der Waals surface area contributed by atoms with Crippen LogP contribution in [0.4, 0.5) is 0 Å². The van der Waals surface area contributed by atoms with Gasteiger partial charge < -0.3 is 18.5 Å². The van der Waals surface area contributed by atoms with Crippen LogP contribution in [-0.2, 0) is 0 Å². The van der Waals surface area contributed by atoms with Crippen molar-refractivity contribution >= 4 is 34.7 Å². The topological polar surface area (TPSA) is 78.0 Å². The number of amides is 1. The third-order valence-corrected chi connectivity index (χ3v) is 5.39. The summed E-state index contributed by atoms with van der Waals surface area (Å²) in [6.07, 6.45) is 1.61. The molecular formula is C23H18ClN3O4. The fraction of sp³-hybridized carbons (Fsp3) is 0.130. The molecule has 2 aromatic heterocycles. The zero-order chi connectivity index (χ0) is 21.5. The molecule has 31 heavy (non-hydrogen) atoms. The van der Waals surface area contributed by atoms with E-state index in [9.17, 15) is 4.79 Å². The minimum Gasteiger partial charge on any atom is -0.454 e. The van der Waals surface area contributed by atoms with E-state index in [2.05, 4.69) is 15.1 Å². The molecule has 0 spiro atoms. The summed E-state index contributed by atoms with van der Waals surface area (Å²) in [5, 5.41) is 5.44. The first-order valence-corrected chi connectivity index (χ1v) is 9.99. The Labute approximate surface area is 182 Å². The number of ether oxygens (including phenoxy) is 2. The molecule has 0 atom stereocenters.